The molecular formula is C36H29N3O+2. The molecule has 3 heterocycles. The molecule has 0 radical (unpaired) electrons. The zero-order valence-electron chi connectivity index (χ0n) is 22.5. The van der Waals surface area contributed by atoms with Crippen LogP contribution in [-0.4, -0.2) is 0 Å². The minimum Gasteiger partial charge on any atom is -0.453 e. The van der Waals surface area contributed by atoms with E-state index in [1.54, 1.807) is 0 Å². The molecule has 4 heteroatoms. The van der Waals surface area contributed by atoms with Gasteiger partial charge in [-0.3, -0.25) is 0 Å². The summed E-state index contributed by atoms with van der Waals surface area (Å²) in [6.07, 6.45) is 8.27. The minimum atomic E-state index is 0.835. The summed E-state index contributed by atoms with van der Waals surface area (Å²) in [5, 5.41) is 0. The molecule has 0 fully saturated rings. The van der Waals surface area contributed by atoms with Crippen molar-refractivity contribution >= 4 is 17.1 Å². The van der Waals surface area contributed by atoms with Crippen molar-refractivity contribution in [2.45, 2.75) is 0 Å². The van der Waals surface area contributed by atoms with E-state index in [1.807, 2.05) is 29.3 Å². The van der Waals surface area contributed by atoms with Gasteiger partial charge in [-0.2, -0.15) is 0 Å². The first-order chi connectivity index (χ1) is 19.6. The highest BCUT2D eigenvalue weighted by Crippen LogP contribution is 2.52. The zero-order valence-corrected chi connectivity index (χ0v) is 22.5. The molecule has 4 nitrogen and oxygen atoms in total. The number of aryl methyl sites for hydroxylation is 2. The Morgan fingerprint density at radius 1 is 0.450 bits per heavy atom. The maximum Gasteiger partial charge on any atom is 0.169 e. The average molecular weight is 520 g/mol. The van der Waals surface area contributed by atoms with Crippen molar-refractivity contribution in [1.82, 2.24) is 0 Å². The molecule has 192 valence electrons. The van der Waals surface area contributed by atoms with E-state index in [2.05, 4.69) is 139 Å². The van der Waals surface area contributed by atoms with Crippen LogP contribution in [0.4, 0.5) is 17.1 Å². The number of hydrogen-bond acceptors (Lipinski definition) is 2. The quantitative estimate of drug-likeness (QED) is 0.220. The summed E-state index contributed by atoms with van der Waals surface area (Å²) in [6, 6.07) is 40.7. The monoisotopic (exact) mass is 519 g/mol. The predicted molar refractivity (Wildman–Crippen MR) is 160 cm³/mol. The Balaban J connectivity index is 1.34. The van der Waals surface area contributed by atoms with Crippen LogP contribution >= 0.6 is 0 Å². The third-order valence-corrected chi connectivity index (χ3v) is 7.48. The number of aromatic nitrogens is 2. The highest BCUT2D eigenvalue weighted by atomic mass is 16.5. The van der Waals surface area contributed by atoms with E-state index in [0.29, 0.717) is 0 Å². The van der Waals surface area contributed by atoms with Crippen molar-refractivity contribution in [1.29, 1.82) is 0 Å². The lowest BCUT2D eigenvalue weighted by atomic mass is 10.0. The smallest absolute Gasteiger partial charge is 0.169 e. The standard InChI is InChI=1S/C36H29N3O/c1-37-20-16-28(17-21-37)30-10-14-33-35(24-30)40-36-25-31(29-18-22-38(2)23-19-29)11-15-34(36)39(33)32-12-8-27(9-13-32)26-6-4-3-5-7-26/h3-25H,1-2H3/q+2. The number of fused-ring (bicyclic) bond motifs is 2. The van der Waals surface area contributed by atoms with Crippen LogP contribution < -0.4 is 18.8 Å². The van der Waals surface area contributed by atoms with Gasteiger partial charge >= 0.3 is 0 Å². The van der Waals surface area contributed by atoms with Gasteiger partial charge in [0.15, 0.2) is 36.3 Å². The van der Waals surface area contributed by atoms with Crippen LogP contribution in [0.1, 0.15) is 0 Å². The Bertz CT molecular complexity index is 1720. The SMILES string of the molecule is C[n+]1ccc(-c2ccc3c(c2)Oc2cc(-c4cc[n+](C)cc4)ccc2N3c2ccc(-c3ccccc3)cc2)cc1. The minimum absolute atomic E-state index is 0.835. The summed E-state index contributed by atoms with van der Waals surface area (Å²) in [6.45, 7) is 0. The third kappa shape index (κ3) is 4.40. The number of hydrogen-bond donors (Lipinski definition) is 0. The Morgan fingerprint density at radius 3 is 1.38 bits per heavy atom. The van der Waals surface area contributed by atoms with E-state index < -0.39 is 0 Å². The Hall–Kier alpha value is -5.22. The number of pyridine rings is 2. The number of ether oxygens (including phenoxy) is 1. The molecule has 0 amide bonds. The fraction of sp³-hybridized carbons (Fsp3) is 0.0556. The van der Waals surface area contributed by atoms with Gasteiger partial charge in [-0.15, -0.1) is 0 Å². The molecule has 4 aromatic carbocycles. The van der Waals surface area contributed by atoms with E-state index in [-0.39, 0.29) is 0 Å². The number of benzene rings is 4. The van der Waals surface area contributed by atoms with E-state index in [0.717, 1.165) is 50.8 Å². The van der Waals surface area contributed by atoms with Crippen LogP contribution in [0.3, 0.4) is 0 Å². The number of nitrogens with zero attached hydrogens (tertiary/aromatic N) is 3. The zero-order chi connectivity index (χ0) is 27.1. The summed E-state index contributed by atoms with van der Waals surface area (Å²) in [5.74, 6) is 1.67. The molecule has 0 N–H and O–H groups in total. The van der Waals surface area contributed by atoms with Gasteiger partial charge in [0, 0.05) is 30.0 Å². The van der Waals surface area contributed by atoms with Gasteiger partial charge in [0.2, 0.25) is 0 Å². The van der Waals surface area contributed by atoms with E-state index in [4.69, 9.17) is 4.74 Å². The lowest BCUT2D eigenvalue weighted by Gasteiger charge is -2.33. The molecule has 40 heavy (non-hydrogen) atoms. The highest BCUT2D eigenvalue weighted by Gasteiger charge is 2.27. The molecule has 0 unspecified atom stereocenters. The molecule has 7 rings (SSSR count). The maximum atomic E-state index is 6.64. The molecule has 1 aliphatic rings. The molecule has 0 bridgehead atoms. The predicted octanol–water partition coefficient (Wildman–Crippen LogP) is 7.91. The van der Waals surface area contributed by atoms with Crippen LogP contribution in [-0.2, 0) is 14.1 Å². The Labute approximate surface area is 234 Å². The average Bonchev–Trinajstić information content (AvgIpc) is 3.00. The molecule has 0 atom stereocenters. The lowest BCUT2D eigenvalue weighted by Crippen LogP contribution is -2.25. The van der Waals surface area contributed by atoms with Gasteiger partial charge in [-0.1, -0.05) is 54.6 Å². The van der Waals surface area contributed by atoms with Crippen molar-refractivity contribution in [3.8, 4) is 44.9 Å². The topological polar surface area (TPSA) is 20.2 Å². The van der Waals surface area contributed by atoms with E-state index in [1.165, 1.54) is 11.1 Å². The number of anilines is 3. The summed E-state index contributed by atoms with van der Waals surface area (Å²) in [5.41, 5.74) is 10.1. The third-order valence-electron chi connectivity index (χ3n) is 7.48. The Kier molecular flexibility index (Phi) is 5.86. The first-order valence-electron chi connectivity index (χ1n) is 13.5. The fourth-order valence-corrected chi connectivity index (χ4v) is 5.27. The van der Waals surface area contributed by atoms with Crippen molar-refractivity contribution in [2.75, 3.05) is 4.90 Å². The van der Waals surface area contributed by atoms with Crippen molar-refractivity contribution < 1.29 is 13.9 Å². The molecule has 0 saturated heterocycles. The normalized spacial score (nSPS) is 11.9. The molecular weight excluding hydrogens is 490 g/mol. The largest absolute Gasteiger partial charge is 0.453 e. The molecule has 0 spiro atoms. The van der Waals surface area contributed by atoms with Gasteiger partial charge in [-0.25, -0.2) is 9.13 Å². The second-order valence-corrected chi connectivity index (χ2v) is 10.2. The van der Waals surface area contributed by atoms with E-state index in [9.17, 15) is 0 Å². The van der Waals surface area contributed by atoms with Gasteiger partial charge in [0.1, 0.15) is 14.1 Å². The van der Waals surface area contributed by atoms with Crippen LogP contribution in [0.25, 0.3) is 33.4 Å². The highest BCUT2D eigenvalue weighted by molar-refractivity contribution is 5.89. The molecule has 2 aromatic heterocycles. The maximum absolute atomic E-state index is 6.64. The van der Waals surface area contributed by atoms with Crippen LogP contribution in [0, 0.1) is 0 Å². The molecule has 6 aromatic rings. The first-order valence-corrected chi connectivity index (χ1v) is 13.5. The van der Waals surface area contributed by atoms with Crippen molar-refractivity contribution in [3.05, 3.63) is 140 Å². The van der Waals surface area contributed by atoms with Gasteiger partial charge < -0.3 is 9.64 Å². The van der Waals surface area contributed by atoms with E-state index >= 15 is 0 Å². The summed E-state index contributed by atoms with van der Waals surface area (Å²) < 4.78 is 10.7. The van der Waals surface area contributed by atoms with Crippen LogP contribution in [0.5, 0.6) is 11.5 Å². The molecule has 1 aliphatic heterocycles. The molecule has 0 saturated carbocycles. The van der Waals surface area contributed by atoms with Crippen molar-refractivity contribution in [3.63, 3.8) is 0 Å². The van der Waals surface area contributed by atoms with Gasteiger partial charge in [0.25, 0.3) is 0 Å². The lowest BCUT2D eigenvalue weighted by molar-refractivity contribution is -0.671. The Morgan fingerprint density at radius 2 is 0.875 bits per heavy atom. The summed E-state index contributed by atoms with van der Waals surface area (Å²) >= 11 is 0. The second-order valence-electron chi connectivity index (χ2n) is 10.2. The van der Waals surface area contributed by atoms with Gasteiger partial charge in [-0.05, 0) is 69.8 Å². The summed E-state index contributed by atoms with van der Waals surface area (Å²) in [7, 11) is 4.06. The summed E-state index contributed by atoms with van der Waals surface area (Å²) in [4.78, 5) is 2.30. The number of rotatable bonds is 4. The fourth-order valence-electron chi connectivity index (χ4n) is 5.27. The van der Waals surface area contributed by atoms with Crippen molar-refractivity contribution in [2.24, 2.45) is 14.1 Å². The first kappa shape index (κ1) is 23.9. The second kappa shape index (κ2) is 9.83. The van der Waals surface area contributed by atoms with Gasteiger partial charge in [0.05, 0.1) is 11.4 Å². The van der Waals surface area contributed by atoms with Crippen LogP contribution in [0.15, 0.2) is 140 Å². The van der Waals surface area contributed by atoms with Crippen LogP contribution in [0.2, 0.25) is 0 Å². The molecule has 0 aliphatic carbocycles.